The summed E-state index contributed by atoms with van der Waals surface area (Å²) in [6.07, 6.45) is 1.92. The lowest BCUT2D eigenvalue weighted by Crippen LogP contribution is -2.36. The van der Waals surface area contributed by atoms with Crippen LogP contribution in [-0.4, -0.2) is 56.1 Å². The molecule has 6 nitrogen and oxygen atoms in total. The molecule has 0 heterocycles. The SMILES string of the molecule is CSCC(C)(O)CNc1ccc(S(=O)(=O)N(C)C)cc1N. The van der Waals surface area contributed by atoms with Crippen LogP contribution in [0, 0.1) is 0 Å². The number of hydrogen-bond acceptors (Lipinski definition) is 6. The molecule has 21 heavy (non-hydrogen) atoms. The minimum atomic E-state index is -3.50. The highest BCUT2D eigenvalue weighted by molar-refractivity contribution is 7.98. The van der Waals surface area contributed by atoms with Gasteiger partial charge in [-0.2, -0.15) is 11.8 Å². The minimum Gasteiger partial charge on any atom is -0.397 e. The fraction of sp³-hybridized carbons (Fsp3) is 0.538. The number of thioether (sulfide) groups is 1. The van der Waals surface area contributed by atoms with Gasteiger partial charge in [0, 0.05) is 26.4 Å². The summed E-state index contributed by atoms with van der Waals surface area (Å²) in [4.78, 5) is 0.145. The van der Waals surface area contributed by atoms with Crippen molar-refractivity contribution < 1.29 is 13.5 Å². The minimum absolute atomic E-state index is 0.145. The van der Waals surface area contributed by atoms with Crippen LogP contribution in [0.3, 0.4) is 0 Å². The summed E-state index contributed by atoms with van der Waals surface area (Å²) < 4.78 is 25.1. The van der Waals surface area contributed by atoms with Gasteiger partial charge in [-0.05, 0) is 31.4 Å². The van der Waals surface area contributed by atoms with E-state index in [1.54, 1.807) is 24.8 Å². The molecule has 4 N–H and O–H groups in total. The van der Waals surface area contributed by atoms with Crippen LogP contribution in [-0.2, 0) is 10.0 Å². The number of nitrogens with two attached hydrogens (primary N) is 1. The molecule has 0 fully saturated rings. The molecular weight excluding hydrogens is 310 g/mol. The van der Waals surface area contributed by atoms with Gasteiger partial charge in [0.25, 0.3) is 0 Å². The summed E-state index contributed by atoms with van der Waals surface area (Å²) in [5.74, 6) is 0.590. The summed E-state index contributed by atoms with van der Waals surface area (Å²) >= 11 is 1.55. The Morgan fingerprint density at radius 3 is 2.52 bits per heavy atom. The zero-order chi connectivity index (χ0) is 16.3. The van der Waals surface area contributed by atoms with Crippen molar-refractivity contribution in [1.82, 2.24) is 4.31 Å². The second-order valence-electron chi connectivity index (χ2n) is 5.32. The molecule has 0 radical (unpaired) electrons. The Kier molecular flexibility index (Phi) is 5.92. The maximum absolute atomic E-state index is 12.0. The maximum Gasteiger partial charge on any atom is 0.242 e. The number of nitrogens with zero attached hydrogens (tertiary/aromatic N) is 1. The van der Waals surface area contributed by atoms with Gasteiger partial charge in [0.1, 0.15) is 0 Å². The highest BCUT2D eigenvalue weighted by Gasteiger charge is 2.21. The van der Waals surface area contributed by atoms with Crippen LogP contribution < -0.4 is 11.1 Å². The topological polar surface area (TPSA) is 95.7 Å². The van der Waals surface area contributed by atoms with Gasteiger partial charge in [0.05, 0.1) is 21.9 Å². The van der Waals surface area contributed by atoms with Crippen molar-refractivity contribution in [2.45, 2.75) is 17.4 Å². The van der Waals surface area contributed by atoms with Crippen LogP contribution in [0.5, 0.6) is 0 Å². The van der Waals surface area contributed by atoms with E-state index >= 15 is 0 Å². The quantitative estimate of drug-likeness (QED) is 0.646. The Morgan fingerprint density at radius 1 is 1.43 bits per heavy atom. The molecule has 0 saturated carbocycles. The molecule has 0 spiro atoms. The molecule has 0 saturated heterocycles. The van der Waals surface area contributed by atoms with E-state index in [1.165, 1.54) is 26.2 Å². The van der Waals surface area contributed by atoms with Crippen LogP contribution >= 0.6 is 11.8 Å². The van der Waals surface area contributed by atoms with Gasteiger partial charge in [-0.1, -0.05) is 0 Å². The third kappa shape index (κ3) is 4.77. The first kappa shape index (κ1) is 18.1. The van der Waals surface area contributed by atoms with Crippen molar-refractivity contribution in [1.29, 1.82) is 0 Å². The molecule has 1 atom stereocenters. The fourth-order valence-electron chi connectivity index (χ4n) is 1.72. The van der Waals surface area contributed by atoms with Crippen LogP contribution in [0.25, 0.3) is 0 Å². The first-order valence-corrected chi connectivity index (χ1v) is 9.21. The molecule has 0 aromatic heterocycles. The Labute approximate surface area is 130 Å². The first-order chi connectivity index (χ1) is 9.60. The van der Waals surface area contributed by atoms with Gasteiger partial charge < -0.3 is 16.2 Å². The molecule has 1 aromatic rings. The predicted molar refractivity (Wildman–Crippen MR) is 89.2 cm³/mol. The lowest BCUT2D eigenvalue weighted by molar-refractivity contribution is 0.0997. The zero-order valence-electron chi connectivity index (χ0n) is 12.8. The number of nitrogen functional groups attached to an aromatic ring is 1. The van der Waals surface area contributed by atoms with E-state index in [2.05, 4.69) is 5.32 Å². The Hall–Kier alpha value is -0.960. The second-order valence-corrected chi connectivity index (χ2v) is 8.34. The molecule has 0 bridgehead atoms. The monoisotopic (exact) mass is 333 g/mol. The third-order valence-electron chi connectivity index (χ3n) is 2.92. The largest absolute Gasteiger partial charge is 0.397 e. The summed E-state index contributed by atoms with van der Waals surface area (Å²) in [5, 5.41) is 13.1. The summed E-state index contributed by atoms with van der Waals surface area (Å²) in [5.41, 5.74) is 5.97. The van der Waals surface area contributed by atoms with Gasteiger partial charge >= 0.3 is 0 Å². The van der Waals surface area contributed by atoms with Crippen LogP contribution in [0.2, 0.25) is 0 Å². The molecule has 0 aliphatic carbocycles. The molecular formula is C13H23N3O3S2. The van der Waals surface area contributed by atoms with Crippen molar-refractivity contribution in [3.8, 4) is 0 Å². The van der Waals surface area contributed by atoms with Crippen LogP contribution in [0.1, 0.15) is 6.92 Å². The van der Waals surface area contributed by atoms with Gasteiger partial charge in [0.2, 0.25) is 10.0 Å². The maximum atomic E-state index is 12.0. The lowest BCUT2D eigenvalue weighted by Gasteiger charge is -2.24. The summed E-state index contributed by atoms with van der Waals surface area (Å²) in [6, 6.07) is 4.53. The Balaban J connectivity index is 2.90. The average molecular weight is 333 g/mol. The van der Waals surface area contributed by atoms with Crippen molar-refractivity contribution in [3.05, 3.63) is 18.2 Å². The number of benzene rings is 1. The Morgan fingerprint density at radius 2 is 2.05 bits per heavy atom. The number of nitrogens with one attached hydrogen (secondary N) is 1. The lowest BCUT2D eigenvalue weighted by atomic mass is 10.1. The standard InChI is InChI=1S/C13H23N3O3S2/c1-13(17,9-20-4)8-15-12-6-5-10(7-11(12)14)21(18,19)16(2)3/h5-7,15,17H,8-9,14H2,1-4H3. The molecule has 0 amide bonds. The van der Waals surface area contributed by atoms with E-state index in [0.717, 1.165) is 4.31 Å². The normalized spacial score (nSPS) is 15.0. The van der Waals surface area contributed by atoms with Gasteiger partial charge in [-0.3, -0.25) is 0 Å². The highest BCUT2D eigenvalue weighted by atomic mass is 32.2. The van der Waals surface area contributed by atoms with Crippen molar-refractivity contribution in [3.63, 3.8) is 0 Å². The molecule has 1 aromatic carbocycles. The molecule has 120 valence electrons. The molecule has 1 unspecified atom stereocenters. The van der Waals surface area contributed by atoms with E-state index < -0.39 is 15.6 Å². The first-order valence-electron chi connectivity index (χ1n) is 6.37. The number of rotatable bonds is 7. The number of sulfonamides is 1. The van der Waals surface area contributed by atoms with Gasteiger partial charge in [0.15, 0.2) is 0 Å². The zero-order valence-corrected chi connectivity index (χ0v) is 14.4. The van der Waals surface area contributed by atoms with Gasteiger partial charge in [-0.25, -0.2) is 12.7 Å². The van der Waals surface area contributed by atoms with Crippen LogP contribution in [0.4, 0.5) is 11.4 Å². The number of aliphatic hydroxyl groups is 1. The number of anilines is 2. The van der Waals surface area contributed by atoms with E-state index in [4.69, 9.17) is 5.73 Å². The van der Waals surface area contributed by atoms with Gasteiger partial charge in [-0.15, -0.1) is 0 Å². The van der Waals surface area contributed by atoms with E-state index in [0.29, 0.717) is 23.7 Å². The molecule has 0 aliphatic heterocycles. The van der Waals surface area contributed by atoms with E-state index in [9.17, 15) is 13.5 Å². The third-order valence-corrected chi connectivity index (χ3v) is 5.64. The second kappa shape index (κ2) is 6.87. The average Bonchev–Trinajstić information content (AvgIpc) is 2.36. The fourth-order valence-corrected chi connectivity index (χ4v) is 3.38. The highest BCUT2D eigenvalue weighted by Crippen LogP contribution is 2.24. The van der Waals surface area contributed by atoms with Crippen LogP contribution in [0.15, 0.2) is 23.1 Å². The molecule has 1 rings (SSSR count). The van der Waals surface area contributed by atoms with E-state index in [-0.39, 0.29) is 4.90 Å². The number of hydrogen-bond donors (Lipinski definition) is 3. The predicted octanol–water partition coefficient (Wildman–Crippen LogP) is 1.04. The van der Waals surface area contributed by atoms with Crippen molar-refractivity contribution >= 4 is 33.2 Å². The van der Waals surface area contributed by atoms with E-state index in [1.807, 2.05) is 6.26 Å². The smallest absolute Gasteiger partial charge is 0.242 e. The molecule has 8 heteroatoms. The molecule has 0 aliphatic rings. The van der Waals surface area contributed by atoms with Crippen molar-refractivity contribution in [2.75, 3.05) is 43.7 Å². The summed E-state index contributed by atoms with van der Waals surface area (Å²) in [7, 11) is -0.556. The van der Waals surface area contributed by atoms with Crippen molar-refractivity contribution in [2.24, 2.45) is 0 Å². The Bertz CT molecular complexity index is 586. The summed E-state index contributed by atoms with van der Waals surface area (Å²) in [6.45, 7) is 2.06.